The summed E-state index contributed by atoms with van der Waals surface area (Å²) in [6.07, 6.45) is 5.42. The largest absolute Gasteiger partial charge is 0.361 e. The Kier molecular flexibility index (Phi) is 7.83. The van der Waals surface area contributed by atoms with E-state index >= 15 is 0 Å². The minimum atomic E-state index is -0.0141. The van der Waals surface area contributed by atoms with Crippen LogP contribution in [0.15, 0.2) is 59.9 Å². The number of aromatic amines is 1. The van der Waals surface area contributed by atoms with Gasteiger partial charge in [-0.25, -0.2) is 4.99 Å². The van der Waals surface area contributed by atoms with Gasteiger partial charge >= 0.3 is 0 Å². The van der Waals surface area contributed by atoms with Crippen molar-refractivity contribution >= 4 is 22.8 Å². The Balaban J connectivity index is 1.47. The van der Waals surface area contributed by atoms with Crippen molar-refractivity contribution in [3.05, 3.63) is 66.1 Å². The van der Waals surface area contributed by atoms with E-state index in [0.717, 1.165) is 37.1 Å². The third kappa shape index (κ3) is 6.07. The predicted molar refractivity (Wildman–Crippen MR) is 122 cm³/mol. The Hall–Kier alpha value is -3.35. The molecule has 0 radical (unpaired) electrons. The quantitative estimate of drug-likeness (QED) is 0.376. The summed E-state index contributed by atoms with van der Waals surface area (Å²) < 4.78 is 0. The van der Waals surface area contributed by atoms with E-state index in [4.69, 9.17) is 0 Å². The first kappa shape index (κ1) is 21.4. The van der Waals surface area contributed by atoms with Crippen LogP contribution < -0.4 is 10.6 Å². The summed E-state index contributed by atoms with van der Waals surface area (Å²) in [7, 11) is 1.80. The lowest BCUT2D eigenvalue weighted by atomic mass is 10.1. The van der Waals surface area contributed by atoms with Crippen LogP contribution in [-0.4, -0.2) is 60.0 Å². The number of H-pyrrole nitrogens is 1. The molecule has 2 aromatic heterocycles. The topological polar surface area (TPSA) is 85.4 Å². The Morgan fingerprint density at radius 3 is 2.77 bits per heavy atom. The van der Waals surface area contributed by atoms with E-state index in [1.165, 1.54) is 10.9 Å². The van der Waals surface area contributed by atoms with Crippen molar-refractivity contribution in [2.45, 2.75) is 19.8 Å². The average Bonchev–Trinajstić information content (AvgIpc) is 3.19. The van der Waals surface area contributed by atoms with Crippen LogP contribution in [-0.2, 0) is 17.6 Å². The third-order valence-corrected chi connectivity index (χ3v) is 4.93. The van der Waals surface area contributed by atoms with Crippen LogP contribution >= 0.6 is 0 Å². The van der Waals surface area contributed by atoms with Gasteiger partial charge in [0, 0.05) is 62.1 Å². The van der Waals surface area contributed by atoms with Gasteiger partial charge in [0.25, 0.3) is 0 Å². The highest BCUT2D eigenvalue weighted by atomic mass is 16.2. The number of carbonyl (C=O) groups is 1. The first-order valence-corrected chi connectivity index (χ1v) is 10.4. The number of aromatic nitrogens is 2. The lowest BCUT2D eigenvalue weighted by Crippen LogP contribution is -2.39. The van der Waals surface area contributed by atoms with Crippen LogP contribution in [0.4, 0.5) is 0 Å². The van der Waals surface area contributed by atoms with Crippen LogP contribution in [0.25, 0.3) is 10.9 Å². The van der Waals surface area contributed by atoms with Crippen molar-refractivity contribution in [3.63, 3.8) is 0 Å². The molecule has 0 aliphatic heterocycles. The molecule has 0 unspecified atom stereocenters. The van der Waals surface area contributed by atoms with E-state index in [2.05, 4.69) is 50.0 Å². The minimum absolute atomic E-state index is 0.0141. The van der Waals surface area contributed by atoms with Gasteiger partial charge in [0.2, 0.25) is 5.91 Å². The molecule has 1 aromatic carbocycles. The molecule has 3 rings (SSSR count). The second-order valence-electron chi connectivity index (χ2n) is 7.12. The molecule has 0 bridgehead atoms. The number of benzene rings is 1. The minimum Gasteiger partial charge on any atom is -0.361 e. The number of fused-ring (bicyclic) bond motifs is 1. The van der Waals surface area contributed by atoms with Gasteiger partial charge in [0.1, 0.15) is 6.54 Å². The fraction of sp³-hybridized carbons (Fsp3) is 0.348. The van der Waals surface area contributed by atoms with E-state index in [1.807, 2.05) is 31.2 Å². The maximum Gasteiger partial charge on any atom is 0.244 e. The summed E-state index contributed by atoms with van der Waals surface area (Å²) in [5.41, 5.74) is 3.39. The zero-order valence-electron chi connectivity index (χ0n) is 17.7. The molecular weight excluding hydrogens is 376 g/mol. The van der Waals surface area contributed by atoms with Gasteiger partial charge in [-0.15, -0.1) is 0 Å². The summed E-state index contributed by atoms with van der Waals surface area (Å²) in [6, 6.07) is 14.1. The van der Waals surface area contributed by atoms with Crippen LogP contribution in [0, 0.1) is 0 Å². The molecule has 3 aromatic rings. The maximum absolute atomic E-state index is 12.4. The summed E-state index contributed by atoms with van der Waals surface area (Å²) >= 11 is 0. The number of guanidine groups is 1. The summed E-state index contributed by atoms with van der Waals surface area (Å²) in [5, 5.41) is 7.76. The molecular formula is C23H30N6O. The predicted octanol–water partition coefficient (Wildman–Crippen LogP) is 2.36. The Morgan fingerprint density at radius 2 is 1.97 bits per heavy atom. The monoisotopic (exact) mass is 406 g/mol. The fourth-order valence-corrected chi connectivity index (χ4v) is 3.22. The van der Waals surface area contributed by atoms with Crippen molar-refractivity contribution in [2.24, 2.45) is 4.99 Å². The number of pyridine rings is 1. The number of para-hydroxylation sites is 1. The van der Waals surface area contributed by atoms with E-state index in [-0.39, 0.29) is 12.5 Å². The van der Waals surface area contributed by atoms with Crippen molar-refractivity contribution in [2.75, 3.05) is 33.2 Å². The van der Waals surface area contributed by atoms with E-state index in [1.54, 1.807) is 18.1 Å². The van der Waals surface area contributed by atoms with Crippen LogP contribution in [0.1, 0.15) is 18.2 Å². The number of amides is 1. The van der Waals surface area contributed by atoms with Gasteiger partial charge in [-0.05, 0) is 37.1 Å². The molecule has 0 atom stereocenters. The number of likely N-dealkylation sites (N-methyl/N-ethyl adjacent to an activating group) is 1. The molecule has 0 saturated carbocycles. The summed E-state index contributed by atoms with van der Waals surface area (Å²) in [6.45, 7) is 4.22. The zero-order chi connectivity index (χ0) is 21.2. The molecule has 0 saturated heterocycles. The highest BCUT2D eigenvalue weighted by Gasteiger charge is 2.09. The van der Waals surface area contributed by atoms with E-state index < -0.39 is 0 Å². The molecule has 0 fully saturated rings. The van der Waals surface area contributed by atoms with Crippen LogP contribution in [0.5, 0.6) is 0 Å². The fourth-order valence-electron chi connectivity index (χ4n) is 3.22. The lowest BCUT2D eigenvalue weighted by Gasteiger charge is -2.16. The van der Waals surface area contributed by atoms with Crippen molar-refractivity contribution in [1.29, 1.82) is 0 Å². The van der Waals surface area contributed by atoms with Crippen molar-refractivity contribution < 1.29 is 4.79 Å². The van der Waals surface area contributed by atoms with Crippen molar-refractivity contribution in [3.8, 4) is 0 Å². The first-order chi connectivity index (χ1) is 14.7. The van der Waals surface area contributed by atoms with Crippen molar-refractivity contribution in [1.82, 2.24) is 25.5 Å². The van der Waals surface area contributed by atoms with Gasteiger partial charge in [0.15, 0.2) is 5.96 Å². The third-order valence-electron chi connectivity index (χ3n) is 4.93. The van der Waals surface area contributed by atoms with Gasteiger partial charge in [0.05, 0.1) is 0 Å². The number of hydrogen-bond acceptors (Lipinski definition) is 3. The Bertz CT molecular complexity index is 966. The number of nitrogens with one attached hydrogen (secondary N) is 3. The zero-order valence-corrected chi connectivity index (χ0v) is 17.7. The van der Waals surface area contributed by atoms with Crippen LogP contribution in [0.2, 0.25) is 0 Å². The molecule has 7 heteroatoms. The molecule has 30 heavy (non-hydrogen) atoms. The van der Waals surface area contributed by atoms with Gasteiger partial charge in [-0.3, -0.25) is 9.78 Å². The number of nitrogens with zero attached hydrogens (tertiary/aromatic N) is 3. The molecule has 7 nitrogen and oxygen atoms in total. The molecule has 0 aliphatic carbocycles. The first-order valence-electron chi connectivity index (χ1n) is 10.4. The van der Waals surface area contributed by atoms with Crippen LogP contribution in [0.3, 0.4) is 0 Å². The van der Waals surface area contributed by atoms with Gasteiger partial charge < -0.3 is 20.5 Å². The SMILES string of the molecule is CCNC(=NCC(=O)N(C)CCc1ccccn1)NCCc1c[nH]c2ccccc12. The molecule has 0 spiro atoms. The molecule has 158 valence electrons. The normalized spacial score (nSPS) is 11.5. The Morgan fingerprint density at radius 1 is 1.13 bits per heavy atom. The maximum atomic E-state index is 12.4. The lowest BCUT2D eigenvalue weighted by molar-refractivity contribution is -0.128. The highest BCUT2D eigenvalue weighted by molar-refractivity contribution is 5.85. The standard InChI is InChI=1S/C23H30N6O/c1-3-24-23(26-14-11-18-16-27-21-10-5-4-9-20(18)21)28-17-22(30)29(2)15-12-19-8-6-7-13-25-19/h4-10,13,16,27H,3,11-12,14-15,17H2,1-2H3,(H2,24,26,28). The Labute approximate surface area is 177 Å². The molecule has 0 aliphatic rings. The van der Waals surface area contributed by atoms with Gasteiger partial charge in [-0.2, -0.15) is 0 Å². The smallest absolute Gasteiger partial charge is 0.244 e. The van der Waals surface area contributed by atoms with Gasteiger partial charge in [-0.1, -0.05) is 24.3 Å². The number of rotatable bonds is 9. The average molecular weight is 407 g/mol. The summed E-state index contributed by atoms with van der Waals surface area (Å²) in [4.78, 5) is 26.2. The molecule has 2 heterocycles. The summed E-state index contributed by atoms with van der Waals surface area (Å²) in [5.74, 6) is 0.642. The second kappa shape index (κ2) is 11.0. The highest BCUT2D eigenvalue weighted by Crippen LogP contribution is 2.17. The molecule has 1 amide bonds. The van der Waals surface area contributed by atoms with E-state index in [9.17, 15) is 4.79 Å². The molecule has 3 N–H and O–H groups in total. The number of carbonyl (C=O) groups excluding carboxylic acids is 1. The van der Waals surface area contributed by atoms with E-state index in [0.29, 0.717) is 12.5 Å². The second-order valence-corrected chi connectivity index (χ2v) is 7.12. The number of hydrogen-bond donors (Lipinski definition) is 3. The number of aliphatic imine (C=N–C) groups is 1.